The first-order chi connectivity index (χ1) is 14.8. The summed E-state index contributed by atoms with van der Waals surface area (Å²) in [6, 6.07) is 4.69. The number of nitrogens with one attached hydrogen (secondary N) is 2. The van der Waals surface area contributed by atoms with Crippen molar-refractivity contribution in [3.8, 4) is 0 Å². The van der Waals surface area contributed by atoms with Crippen LogP contribution in [-0.2, 0) is 4.74 Å². The Morgan fingerprint density at radius 3 is 2.65 bits per heavy atom. The molecule has 11 heteroatoms. The first-order valence-electron chi connectivity index (χ1n) is 10.1. The second kappa shape index (κ2) is 9.17. The largest absolute Gasteiger partial charge is 0.410 e. The van der Waals surface area contributed by atoms with Crippen LogP contribution in [0, 0.1) is 0 Å². The van der Waals surface area contributed by atoms with Gasteiger partial charge < -0.3 is 15.4 Å². The first-order valence-corrected chi connectivity index (χ1v) is 10.9. The average molecular weight is 502 g/mol. The predicted octanol–water partition coefficient (Wildman–Crippen LogP) is 3.37. The summed E-state index contributed by atoms with van der Waals surface area (Å²) in [6.45, 7) is 3.95. The molecular weight excluding hydrogens is 479 g/mol. The zero-order valence-electron chi connectivity index (χ0n) is 16.7. The van der Waals surface area contributed by atoms with E-state index < -0.39 is 24.2 Å². The van der Waals surface area contributed by atoms with Gasteiger partial charge in [-0.1, -0.05) is 28.1 Å². The summed E-state index contributed by atoms with van der Waals surface area (Å²) in [6.07, 6.45) is -3.49. The molecule has 168 valence electrons. The molecule has 2 aliphatic rings. The van der Waals surface area contributed by atoms with Crippen molar-refractivity contribution in [1.29, 1.82) is 0 Å². The number of benzene rings is 1. The van der Waals surface area contributed by atoms with E-state index in [0.29, 0.717) is 31.9 Å². The van der Waals surface area contributed by atoms with Crippen molar-refractivity contribution in [2.24, 2.45) is 0 Å². The molecule has 3 heterocycles. The number of halogens is 4. The summed E-state index contributed by atoms with van der Waals surface area (Å²) >= 11 is 3.34. The van der Waals surface area contributed by atoms with Crippen molar-refractivity contribution >= 4 is 27.7 Å². The van der Waals surface area contributed by atoms with Crippen LogP contribution in [0.3, 0.4) is 0 Å². The molecule has 2 atom stereocenters. The Labute approximate surface area is 186 Å². The van der Waals surface area contributed by atoms with Crippen LogP contribution >= 0.6 is 15.9 Å². The van der Waals surface area contributed by atoms with E-state index in [0.717, 1.165) is 22.2 Å². The van der Waals surface area contributed by atoms with E-state index in [1.54, 1.807) is 24.3 Å². The van der Waals surface area contributed by atoms with Crippen LogP contribution in [0.15, 0.2) is 34.9 Å². The molecule has 0 unspecified atom stereocenters. The molecule has 1 aromatic heterocycles. The van der Waals surface area contributed by atoms with Gasteiger partial charge in [0.25, 0.3) is 5.91 Å². The van der Waals surface area contributed by atoms with Crippen molar-refractivity contribution in [1.82, 2.24) is 20.0 Å². The number of alkyl halides is 3. The molecule has 0 spiro atoms. The lowest BCUT2D eigenvalue weighted by atomic mass is 9.96. The van der Waals surface area contributed by atoms with Gasteiger partial charge in [0.05, 0.1) is 25.5 Å². The summed E-state index contributed by atoms with van der Waals surface area (Å²) in [5.74, 6) is -0.357. The van der Waals surface area contributed by atoms with E-state index in [-0.39, 0.29) is 17.8 Å². The minimum Gasteiger partial charge on any atom is -0.379 e. The maximum atomic E-state index is 13.8. The maximum Gasteiger partial charge on any atom is 0.410 e. The second-order valence-electron chi connectivity index (χ2n) is 7.60. The SMILES string of the molecule is O=C(NCCN1CCOCC1)c1cnn2c1N[C@H](c1ccc(Br)cc1)C[C@@H]2C(F)(F)F. The predicted molar refractivity (Wildman–Crippen MR) is 112 cm³/mol. The summed E-state index contributed by atoms with van der Waals surface area (Å²) < 4.78 is 48.4. The lowest BCUT2D eigenvalue weighted by molar-refractivity contribution is -0.173. The third kappa shape index (κ3) is 5.04. The molecular formula is C20H23BrF3N5O2. The number of hydrogen-bond donors (Lipinski definition) is 2. The molecule has 0 saturated carbocycles. The van der Waals surface area contributed by atoms with Crippen molar-refractivity contribution in [2.75, 3.05) is 44.7 Å². The van der Waals surface area contributed by atoms with Gasteiger partial charge in [0.1, 0.15) is 11.4 Å². The van der Waals surface area contributed by atoms with Crippen molar-refractivity contribution in [3.05, 3.63) is 46.1 Å². The zero-order valence-corrected chi connectivity index (χ0v) is 18.2. The fourth-order valence-corrected chi connectivity index (χ4v) is 4.15. The molecule has 1 saturated heterocycles. The van der Waals surface area contributed by atoms with Gasteiger partial charge in [-0.2, -0.15) is 18.3 Å². The van der Waals surface area contributed by atoms with Gasteiger partial charge in [-0.15, -0.1) is 0 Å². The normalized spacial score (nSPS) is 21.9. The lowest BCUT2D eigenvalue weighted by Gasteiger charge is -2.34. The lowest BCUT2D eigenvalue weighted by Crippen LogP contribution is -2.41. The summed E-state index contributed by atoms with van der Waals surface area (Å²) in [4.78, 5) is 14.9. The third-order valence-electron chi connectivity index (χ3n) is 5.57. The Kier molecular flexibility index (Phi) is 6.54. The number of amides is 1. The van der Waals surface area contributed by atoms with E-state index in [4.69, 9.17) is 4.74 Å². The van der Waals surface area contributed by atoms with Gasteiger partial charge in [-0.05, 0) is 17.7 Å². The van der Waals surface area contributed by atoms with Gasteiger partial charge in [-0.25, -0.2) is 4.68 Å². The average Bonchev–Trinajstić information content (AvgIpc) is 3.17. The van der Waals surface area contributed by atoms with Crippen LogP contribution in [0.25, 0.3) is 0 Å². The van der Waals surface area contributed by atoms with Gasteiger partial charge in [0.2, 0.25) is 0 Å². The Hall–Kier alpha value is -2.11. The fourth-order valence-electron chi connectivity index (χ4n) is 3.89. The molecule has 0 radical (unpaired) electrons. The molecule has 1 fully saturated rings. The van der Waals surface area contributed by atoms with Crippen LogP contribution in [0.1, 0.15) is 34.4 Å². The van der Waals surface area contributed by atoms with E-state index >= 15 is 0 Å². The second-order valence-corrected chi connectivity index (χ2v) is 8.52. The van der Waals surface area contributed by atoms with Crippen LogP contribution in [-0.4, -0.2) is 66.2 Å². The highest BCUT2D eigenvalue weighted by atomic mass is 79.9. The molecule has 0 aliphatic carbocycles. The van der Waals surface area contributed by atoms with Crippen molar-refractivity contribution < 1.29 is 22.7 Å². The molecule has 2 N–H and O–H groups in total. The number of carbonyl (C=O) groups excluding carboxylic acids is 1. The van der Waals surface area contributed by atoms with Crippen LogP contribution in [0.4, 0.5) is 19.0 Å². The minimum atomic E-state index is -4.49. The number of nitrogens with zero attached hydrogens (tertiary/aromatic N) is 3. The number of fused-ring (bicyclic) bond motifs is 1. The van der Waals surface area contributed by atoms with Gasteiger partial charge >= 0.3 is 6.18 Å². The topological polar surface area (TPSA) is 71.4 Å². The van der Waals surface area contributed by atoms with E-state index in [9.17, 15) is 18.0 Å². The number of anilines is 1. The third-order valence-corrected chi connectivity index (χ3v) is 6.10. The Bertz CT molecular complexity index is 913. The molecule has 7 nitrogen and oxygen atoms in total. The smallest absolute Gasteiger partial charge is 0.379 e. The Morgan fingerprint density at radius 1 is 1.26 bits per heavy atom. The summed E-state index contributed by atoms with van der Waals surface area (Å²) in [5.41, 5.74) is 0.821. The molecule has 31 heavy (non-hydrogen) atoms. The quantitative estimate of drug-likeness (QED) is 0.657. The molecule has 1 aromatic carbocycles. The van der Waals surface area contributed by atoms with E-state index in [1.165, 1.54) is 6.20 Å². The van der Waals surface area contributed by atoms with Gasteiger partial charge in [0, 0.05) is 37.1 Å². The van der Waals surface area contributed by atoms with Crippen molar-refractivity contribution in [3.63, 3.8) is 0 Å². The number of ether oxygens (including phenoxy) is 1. The van der Waals surface area contributed by atoms with Gasteiger partial charge in [-0.3, -0.25) is 9.69 Å². The highest BCUT2D eigenvalue weighted by molar-refractivity contribution is 9.10. The molecule has 2 aliphatic heterocycles. The minimum absolute atomic E-state index is 0.0883. The number of morpholine rings is 1. The fraction of sp³-hybridized carbons (Fsp3) is 0.500. The summed E-state index contributed by atoms with van der Waals surface area (Å²) in [5, 5.41) is 9.80. The van der Waals surface area contributed by atoms with Crippen molar-refractivity contribution in [2.45, 2.75) is 24.7 Å². The molecule has 1 amide bonds. The Morgan fingerprint density at radius 2 is 1.97 bits per heavy atom. The summed E-state index contributed by atoms with van der Waals surface area (Å²) in [7, 11) is 0. The zero-order chi connectivity index (χ0) is 22.0. The molecule has 0 bridgehead atoms. The number of carbonyl (C=O) groups is 1. The number of rotatable bonds is 5. The standard InChI is InChI=1S/C20H23BrF3N5O2/c21-14-3-1-13(2-4-14)16-11-17(20(22,23)24)29-18(27-16)15(12-26-29)19(30)25-5-6-28-7-9-31-10-8-28/h1-4,12,16-17,27H,5-11H2,(H,25,30)/t16-,17+/m0/s1. The first kappa shape index (κ1) is 22.1. The number of aromatic nitrogens is 2. The van der Waals surface area contributed by atoms with Crippen LogP contribution < -0.4 is 10.6 Å². The van der Waals surface area contributed by atoms with E-state index in [1.807, 2.05) is 0 Å². The van der Waals surface area contributed by atoms with Crippen LogP contribution in [0.5, 0.6) is 0 Å². The Balaban J connectivity index is 1.51. The van der Waals surface area contributed by atoms with Crippen LogP contribution in [0.2, 0.25) is 0 Å². The monoisotopic (exact) mass is 501 g/mol. The highest BCUT2D eigenvalue weighted by Crippen LogP contribution is 2.44. The number of hydrogen-bond acceptors (Lipinski definition) is 5. The molecule has 2 aromatic rings. The highest BCUT2D eigenvalue weighted by Gasteiger charge is 2.47. The van der Waals surface area contributed by atoms with Gasteiger partial charge in [0.15, 0.2) is 6.04 Å². The maximum absolute atomic E-state index is 13.8. The molecule has 4 rings (SSSR count). The van der Waals surface area contributed by atoms with E-state index in [2.05, 4.69) is 36.6 Å².